The Kier molecular flexibility index (Phi) is 6.46. The molecule has 9 heteroatoms. The smallest absolute Gasteiger partial charge is 0.318 e. The van der Waals surface area contributed by atoms with E-state index in [4.69, 9.17) is 26.3 Å². The van der Waals surface area contributed by atoms with E-state index in [1.165, 1.54) is 12.0 Å². The molecule has 0 radical (unpaired) electrons. The van der Waals surface area contributed by atoms with Crippen LogP contribution in [0, 0.1) is 17.2 Å². The Hall–Kier alpha value is -3.12. The molecule has 1 aromatic heterocycles. The van der Waals surface area contributed by atoms with E-state index in [1.54, 1.807) is 0 Å². The molecular formula is C30H34ClN7O. The Bertz CT molecular complexity index is 1440. The maximum atomic E-state index is 9.66. The van der Waals surface area contributed by atoms with Gasteiger partial charge in [-0.05, 0) is 56.8 Å². The lowest BCUT2D eigenvalue weighted by Crippen LogP contribution is -2.53. The molecule has 4 aliphatic heterocycles. The summed E-state index contributed by atoms with van der Waals surface area (Å²) in [6.45, 7) is 4.88. The number of anilines is 2. The largest absolute Gasteiger partial charge is 0.462 e. The normalized spacial score (nSPS) is 26.6. The second-order valence-corrected chi connectivity index (χ2v) is 11.9. The number of likely N-dealkylation sites (N-methyl/N-ethyl adjacent to an activating group) is 1. The van der Waals surface area contributed by atoms with Crippen LogP contribution in [0.3, 0.4) is 0 Å². The van der Waals surface area contributed by atoms with Crippen LogP contribution in [0.25, 0.3) is 10.8 Å². The Morgan fingerprint density at radius 3 is 2.82 bits per heavy atom. The quantitative estimate of drug-likeness (QED) is 0.517. The van der Waals surface area contributed by atoms with Gasteiger partial charge >= 0.3 is 6.01 Å². The van der Waals surface area contributed by atoms with Gasteiger partial charge in [0.25, 0.3) is 0 Å². The molecule has 0 amide bonds. The predicted octanol–water partition coefficient (Wildman–Crippen LogP) is 4.01. The molecule has 202 valence electrons. The number of hydrogen-bond donors (Lipinski definition) is 1. The lowest BCUT2D eigenvalue weighted by molar-refractivity contribution is 0.187. The summed E-state index contributed by atoms with van der Waals surface area (Å²) in [6.07, 6.45) is 4.09. The minimum absolute atomic E-state index is 0.0536. The Morgan fingerprint density at radius 2 is 2.00 bits per heavy atom. The van der Waals surface area contributed by atoms with Crippen molar-refractivity contribution in [1.82, 2.24) is 20.2 Å². The van der Waals surface area contributed by atoms with Crippen molar-refractivity contribution in [2.45, 2.75) is 50.4 Å². The van der Waals surface area contributed by atoms with Crippen molar-refractivity contribution in [2.75, 3.05) is 49.6 Å². The fourth-order valence-electron chi connectivity index (χ4n) is 6.98. The molecule has 8 nitrogen and oxygen atoms in total. The van der Waals surface area contributed by atoms with Gasteiger partial charge in [-0.3, -0.25) is 0 Å². The molecule has 0 spiro atoms. The Morgan fingerprint density at radius 1 is 1.13 bits per heavy atom. The van der Waals surface area contributed by atoms with E-state index in [-0.39, 0.29) is 12.0 Å². The van der Waals surface area contributed by atoms with Crippen molar-refractivity contribution in [3.05, 3.63) is 52.7 Å². The molecule has 7 rings (SSSR count). The van der Waals surface area contributed by atoms with Gasteiger partial charge in [-0.15, -0.1) is 0 Å². The number of nitrogens with zero attached hydrogens (tertiary/aromatic N) is 6. The zero-order valence-electron chi connectivity index (χ0n) is 22.3. The van der Waals surface area contributed by atoms with Crippen LogP contribution in [-0.2, 0) is 13.0 Å². The topological polar surface area (TPSA) is 80.5 Å². The van der Waals surface area contributed by atoms with E-state index in [0.717, 1.165) is 78.4 Å². The number of fused-ring (bicyclic) bond motifs is 4. The second kappa shape index (κ2) is 10.1. The number of piperazine rings is 1. The summed E-state index contributed by atoms with van der Waals surface area (Å²) in [5.41, 5.74) is 3.36. The highest BCUT2D eigenvalue weighted by molar-refractivity contribution is 6.36. The highest BCUT2D eigenvalue weighted by Gasteiger charge is 2.41. The van der Waals surface area contributed by atoms with Gasteiger partial charge < -0.3 is 24.8 Å². The summed E-state index contributed by atoms with van der Waals surface area (Å²) < 4.78 is 6.30. The number of aromatic nitrogens is 2. The maximum Gasteiger partial charge on any atom is 0.318 e. The van der Waals surface area contributed by atoms with Gasteiger partial charge in [0.15, 0.2) is 0 Å². The van der Waals surface area contributed by atoms with Gasteiger partial charge in [-0.25, -0.2) is 0 Å². The summed E-state index contributed by atoms with van der Waals surface area (Å²) >= 11 is 6.69. The summed E-state index contributed by atoms with van der Waals surface area (Å²) in [5, 5.41) is 16.3. The van der Waals surface area contributed by atoms with Gasteiger partial charge in [0.2, 0.25) is 0 Å². The number of halogens is 1. The number of hydrogen-bond acceptors (Lipinski definition) is 8. The molecule has 2 aromatic carbocycles. The Labute approximate surface area is 234 Å². The first-order chi connectivity index (χ1) is 19.1. The summed E-state index contributed by atoms with van der Waals surface area (Å²) in [4.78, 5) is 17.1. The van der Waals surface area contributed by atoms with Crippen LogP contribution in [0.1, 0.15) is 30.5 Å². The molecule has 1 N–H and O–H groups in total. The third-order valence-corrected chi connectivity index (χ3v) is 9.38. The highest BCUT2D eigenvalue weighted by Crippen LogP contribution is 2.38. The molecule has 4 aliphatic rings. The zero-order chi connectivity index (χ0) is 26.5. The molecule has 3 aromatic rings. The Balaban J connectivity index is 1.23. The molecule has 4 atom stereocenters. The number of rotatable bonds is 5. The molecule has 0 aliphatic carbocycles. The van der Waals surface area contributed by atoms with Crippen molar-refractivity contribution in [1.29, 1.82) is 5.26 Å². The van der Waals surface area contributed by atoms with E-state index in [1.807, 2.05) is 12.1 Å². The number of ether oxygens (including phenoxy) is 1. The van der Waals surface area contributed by atoms with Crippen LogP contribution in [0.2, 0.25) is 5.02 Å². The average molecular weight is 544 g/mol. The summed E-state index contributed by atoms with van der Waals surface area (Å²) in [6, 6.07) is 16.3. The van der Waals surface area contributed by atoms with Gasteiger partial charge in [0.1, 0.15) is 12.4 Å². The summed E-state index contributed by atoms with van der Waals surface area (Å²) in [7, 11) is 2.16. The molecule has 3 saturated heterocycles. The first-order valence-corrected chi connectivity index (χ1v) is 14.5. The number of benzene rings is 2. The SMILES string of the molecule is CN1CCC[C@H]1COc1nc2c(c(N3C[C@H]4C[C@@H](C#N)[C@@H](C3)N4)n1)CCN(c1cccc3cccc(Cl)c13)C2. The highest BCUT2D eigenvalue weighted by atomic mass is 35.5. The monoisotopic (exact) mass is 543 g/mol. The number of nitrogens with one attached hydrogen (secondary N) is 1. The van der Waals surface area contributed by atoms with Crippen LogP contribution >= 0.6 is 11.6 Å². The molecule has 5 heterocycles. The van der Waals surface area contributed by atoms with Crippen LogP contribution in [0.15, 0.2) is 36.4 Å². The van der Waals surface area contributed by atoms with Crippen molar-refractivity contribution in [3.63, 3.8) is 0 Å². The molecular weight excluding hydrogens is 510 g/mol. The van der Waals surface area contributed by atoms with Crippen LogP contribution < -0.4 is 19.9 Å². The lowest BCUT2D eigenvalue weighted by atomic mass is 10.0. The van der Waals surface area contributed by atoms with E-state index in [2.05, 4.69) is 57.4 Å². The van der Waals surface area contributed by atoms with Crippen molar-refractivity contribution in [3.8, 4) is 12.1 Å². The molecule has 0 saturated carbocycles. The van der Waals surface area contributed by atoms with Gasteiger partial charge in [0, 0.05) is 54.4 Å². The fourth-order valence-corrected chi connectivity index (χ4v) is 7.26. The number of likely N-dealkylation sites (tertiary alicyclic amines) is 1. The van der Waals surface area contributed by atoms with Crippen molar-refractivity contribution in [2.24, 2.45) is 5.92 Å². The van der Waals surface area contributed by atoms with E-state index in [9.17, 15) is 5.26 Å². The summed E-state index contributed by atoms with van der Waals surface area (Å²) in [5.74, 6) is 1.04. The number of nitriles is 1. The molecule has 39 heavy (non-hydrogen) atoms. The van der Waals surface area contributed by atoms with Crippen molar-refractivity contribution < 1.29 is 4.74 Å². The van der Waals surface area contributed by atoms with Crippen molar-refractivity contribution >= 4 is 33.9 Å². The third-order valence-electron chi connectivity index (χ3n) is 9.07. The second-order valence-electron chi connectivity index (χ2n) is 11.5. The molecule has 2 bridgehead atoms. The van der Waals surface area contributed by atoms with Gasteiger partial charge in [-0.1, -0.05) is 35.9 Å². The molecule has 0 unspecified atom stereocenters. The van der Waals surface area contributed by atoms with E-state index < -0.39 is 0 Å². The predicted molar refractivity (Wildman–Crippen MR) is 154 cm³/mol. The first-order valence-electron chi connectivity index (χ1n) is 14.1. The maximum absolute atomic E-state index is 9.66. The van der Waals surface area contributed by atoms with Crippen LogP contribution in [-0.4, -0.2) is 72.8 Å². The van der Waals surface area contributed by atoms with Crippen LogP contribution in [0.5, 0.6) is 6.01 Å². The minimum Gasteiger partial charge on any atom is -0.462 e. The van der Waals surface area contributed by atoms with E-state index in [0.29, 0.717) is 31.2 Å². The minimum atomic E-state index is 0.0536. The fraction of sp³-hybridized carbons (Fsp3) is 0.500. The zero-order valence-corrected chi connectivity index (χ0v) is 23.1. The van der Waals surface area contributed by atoms with Gasteiger partial charge in [0.05, 0.1) is 29.2 Å². The third kappa shape index (κ3) is 4.57. The lowest BCUT2D eigenvalue weighted by Gasteiger charge is -2.37. The average Bonchev–Trinajstić information content (AvgIpc) is 3.50. The molecule has 3 fully saturated rings. The first kappa shape index (κ1) is 24.9. The van der Waals surface area contributed by atoms with Crippen LogP contribution in [0.4, 0.5) is 11.5 Å². The standard InChI is InChI=1S/C30H34ClN7O/c1-36-11-4-7-22(36)18-39-30-34-26-17-37(27-9-3-6-19-5-2-8-24(31)28(19)27)12-10-23(26)29(35-30)38-15-21-13-20(14-32)25(16-38)33-21/h2-3,5-6,8-9,20-22,25,33H,4,7,10-13,15-18H2,1H3/t20-,21+,22-,25+/m0/s1. The van der Waals surface area contributed by atoms with Gasteiger partial charge in [-0.2, -0.15) is 15.2 Å². The van der Waals surface area contributed by atoms with E-state index >= 15 is 0 Å².